The van der Waals surface area contributed by atoms with E-state index in [0.717, 1.165) is 17.7 Å². The Balaban J connectivity index is 1.94. The molecule has 1 aromatic carbocycles. The van der Waals surface area contributed by atoms with Crippen molar-refractivity contribution in [3.05, 3.63) is 42.0 Å². The number of carbonyl (C=O) groups excluding carboxylic acids is 2. The summed E-state index contributed by atoms with van der Waals surface area (Å²) < 4.78 is 0. The van der Waals surface area contributed by atoms with Crippen LogP contribution in [0.3, 0.4) is 0 Å². The van der Waals surface area contributed by atoms with Crippen LogP contribution in [0.2, 0.25) is 0 Å². The molecule has 2 aliphatic rings. The second-order valence-corrected chi connectivity index (χ2v) is 6.18. The van der Waals surface area contributed by atoms with E-state index in [4.69, 9.17) is 11.5 Å². The van der Waals surface area contributed by atoms with Gasteiger partial charge in [-0.15, -0.1) is 0 Å². The first-order valence-corrected chi connectivity index (χ1v) is 7.65. The fraction of sp³-hybridized carbons (Fsp3) is 0.353. The van der Waals surface area contributed by atoms with E-state index in [-0.39, 0.29) is 35.5 Å². The standard InChI is InChI=1S/C17H20N4O2/c1-9(22)20-13-4-2-3-10(8-13)14-11-5-6-12(7-11)15(14)16(23)21-17(18)19/h2-6,8,11-12,14-15H,7H2,1H3,(H,20,22)(H4,18,19,21,23)/t11?,12?,14-,15-/m1/s1. The third-order valence-corrected chi connectivity index (χ3v) is 4.58. The van der Waals surface area contributed by atoms with Crippen molar-refractivity contribution in [2.75, 3.05) is 5.32 Å². The molecule has 120 valence electrons. The van der Waals surface area contributed by atoms with Gasteiger partial charge in [0.2, 0.25) is 5.91 Å². The summed E-state index contributed by atoms with van der Waals surface area (Å²) in [6.45, 7) is 1.47. The number of allylic oxidation sites excluding steroid dienone is 2. The van der Waals surface area contributed by atoms with Crippen LogP contribution >= 0.6 is 0 Å². The minimum absolute atomic E-state index is 0.0364. The lowest BCUT2D eigenvalue weighted by atomic mass is 9.78. The molecule has 0 spiro atoms. The molecule has 0 aromatic heterocycles. The monoisotopic (exact) mass is 312 g/mol. The van der Waals surface area contributed by atoms with Crippen LogP contribution in [0.15, 0.2) is 41.4 Å². The molecule has 5 N–H and O–H groups in total. The third-order valence-electron chi connectivity index (χ3n) is 4.58. The Morgan fingerprint density at radius 3 is 2.65 bits per heavy atom. The van der Waals surface area contributed by atoms with Gasteiger partial charge in [-0.05, 0) is 36.0 Å². The van der Waals surface area contributed by atoms with Gasteiger partial charge in [0.05, 0.1) is 5.92 Å². The first-order valence-electron chi connectivity index (χ1n) is 7.65. The Bertz CT molecular complexity index is 706. The summed E-state index contributed by atoms with van der Waals surface area (Å²) in [5.74, 6) is -0.331. The van der Waals surface area contributed by atoms with E-state index in [0.29, 0.717) is 5.92 Å². The van der Waals surface area contributed by atoms with Crippen LogP contribution in [-0.2, 0) is 9.59 Å². The highest BCUT2D eigenvalue weighted by atomic mass is 16.2. The fourth-order valence-corrected chi connectivity index (χ4v) is 3.84. The summed E-state index contributed by atoms with van der Waals surface area (Å²) in [6, 6.07) is 7.63. The molecule has 6 heteroatoms. The van der Waals surface area contributed by atoms with Gasteiger partial charge in [-0.1, -0.05) is 24.3 Å². The summed E-state index contributed by atoms with van der Waals surface area (Å²) in [6.07, 6.45) is 5.19. The van der Waals surface area contributed by atoms with Gasteiger partial charge in [0.1, 0.15) is 0 Å². The number of anilines is 1. The molecule has 1 fully saturated rings. The Labute approximate surface area is 134 Å². The predicted molar refractivity (Wildman–Crippen MR) is 88.5 cm³/mol. The van der Waals surface area contributed by atoms with Gasteiger partial charge in [0.15, 0.2) is 5.96 Å². The molecular formula is C17H20N4O2. The zero-order valence-electron chi connectivity index (χ0n) is 12.9. The van der Waals surface area contributed by atoms with Crippen molar-refractivity contribution in [3.63, 3.8) is 0 Å². The van der Waals surface area contributed by atoms with Crippen LogP contribution < -0.4 is 16.8 Å². The highest BCUT2D eigenvalue weighted by Crippen LogP contribution is 2.53. The predicted octanol–water partition coefficient (Wildman–Crippen LogP) is 1.35. The smallest absolute Gasteiger partial charge is 0.253 e. The number of benzene rings is 1. The van der Waals surface area contributed by atoms with Crippen molar-refractivity contribution in [1.82, 2.24) is 0 Å². The van der Waals surface area contributed by atoms with E-state index in [1.165, 1.54) is 6.92 Å². The maximum Gasteiger partial charge on any atom is 0.253 e. The number of guanidine groups is 1. The second-order valence-electron chi connectivity index (χ2n) is 6.18. The molecule has 2 aliphatic carbocycles. The fourth-order valence-electron chi connectivity index (χ4n) is 3.84. The van der Waals surface area contributed by atoms with Crippen molar-refractivity contribution in [1.29, 1.82) is 0 Å². The molecule has 0 heterocycles. The van der Waals surface area contributed by atoms with E-state index in [1.807, 2.05) is 24.3 Å². The Kier molecular flexibility index (Phi) is 3.90. The Morgan fingerprint density at radius 1 is 1.22 bits per heavy atom. The average molecular weight is 312 g/mol. The maximum absolute atomic E-state index is 12.4. The molecule has 3 rings (SSSR count). The molecule has 1 aromatic rings. The van der Waals surface area contributed by atoms with Crippen LogP contribution in [0.4, 0.5) is 5.69 Å². The van der Waals surface area contributed by atoms with Crippen molar-refractivity contribution >= 4 is 23.5 Å². The number of nitrogens with two attached hydrogens (primary N) is 2. The van der Waals surface area contributed by atoms with Crippen LogP contribution in [0, 0.1) is 17.8 Å². The summed E-state index contributed by atoms with van der Waals surface area (Å²) >= 11 is 0. The number of amides is 2. The molecule has 4 atom stereocenters. The average Bonchev–Trinajstić information content (AvgIpc) is 3.06. The summed E-state index contributed by atoms with van der Waals surface area (Å²) in [5.41, 5.74) is 12.5. The van der Waals surface area contributed by atoms with Gasteiger partial charge in [-0.25, -0.2) is 0 Å². The van der Waals surface area contributed by atoms with Crippen molar-refractivity contribution in [3.8, 4) is 0 Å². The van der Waals surface area contributed by atoms with E-state index in [1.54, 1.807) is 0 Å². The lowest BCUT2D eigenvalue weighted by Crippen LogP contribution is -2.30. The Morgan fingerprint density at radius 2 is 1.96 bits per heavy atom. The summed E-state index contributed by atoms with van der Waals surface area (Å²) in [4.78, 5) is 27.4. The molecule has 0 saturated heterocycles. The van der Waals surface area contributed by atoms with Gasteiger partial charge in [-0.2, -0.15) is 4.99 Å². The lowest BCUT2D eigenvalue weighted by molar-refractivity contribution is -0.122. The molecule has 2 unspecified atom stereocenters. The lowest BCUT2D eigenvalue weighted by Gasteiger charge is -2.26. The van der Waals surface area contributed by atoms with Crippen molar-refractivity contribution in [2.24, 2.45) is 34.2 Å². The number of fused-ring (bicyclic) bond motifs is 2. The van der Waals surface area contributed by atoms with Gasteiger partial charge >= 0.3 is 0 Å². The quantitative estimate of drug-likeness (QED) is 0.444. The van der Waals surface area contributed by atoms with Crippen molar-refractivity contribution in [2.45, 2.75) is 19.3 Å². The molecule has 1 saturated carbocycles. The van der Waals surface area contributed by atoms with E-state index in [2.05, 4.69) is 22.5 Å². The molecule has 2 bridgehead atoms. The number of hydrogen-bond acceptors (Lipinski definition) is 2. The van der Waals surface area contributed by atoms with E-state index >= 15 is 0 Å². The number of nitrogens with one attached hydrogen (secondary N) is 1. The number of rotatable bonds is 3. The maximum atomic E-state index is 12.4. The van der Waals surface area contributed by atoms with Crippen LogP contribution in [-0.4, -0.2) is 17.8 Å². The minimum Gasteiger partial charge on any atom is -0.370 e. The molecule has 2 amide bonds. The first-order chi connectivity index (χ1) is 11.0. The van der Waals surface area contributed by atoms with Gasteiger partial charge in [-0.3, -0.25) is 9.59 Å². The Hall–Kier alpha value is -2.63. The molecular weight excluding hydrogens is 292 g/mol. The van der Waals surface area contributed by atoms with E-state index < -0.39 is 0 Å². The molecule has 0 radical (unpaired) electrons. The second kappa shape index (κ2) is 5.87. The summed E-state index contributed by atoms with van der Waals surface area (Å²) in [7, 11) is 0. The molecule has 6 nitrogen and oxygen atoms in total. The third kappa shape index (κ3) is 2.97. The zero-order chi connectivity index (χ0) is 16.6. The number of carbonyl (C=O) groups is 2. The van der Waals surface area contributed by atoms with Gasteiger partial charge < -0.3 is 16.8 Å². The largest absolute Gasteiger partial charge is 0.370 e. The zero-order valence-corrected chi connectivity index (χ0v) is 12.9. The highest BCUT2D eigenvalue weighted by Gasteiger charge is 2.48. The number of hydrogen-bond donors (Lipinski definition) is 3. The topological polar surface area (TPSA) is 111 Å². The number of aliphatic imine (C=N–C) groups is 1. The number of nitrogens with zero attached hydrogens (tertiary/aromatic N) is 1. The minimum atomic E-state index is -0.267. The molecule has 0 aliphatic heterocycles. The van der Waals surface area contributed by atoms with Crippen molar-refractivity contribution < 1.29 is 9.59 Å². The van der Waals surface area contributed by atoms with E-state index in [9.17, 15) is 9.59 Å². The highest BCUT2D eigenvalue weighted by molar-refractivity contribution is 5.94. The van der Waals surface area contributed by atoms with Crippen LogP contribution in [0.25, 0.3) is 0 Å². The first kappa shape index (κ1) is 15.3. The normalized spacial score (nSPS) is 27.7. The van der Waals surface area contributed by atoms with Crippen LogP contribution in [0.5, 0.6) is 0 Å². The van der Waals surface area contributed by atoms with Gasteiger partial charge in [0.25, 0.3) is 5.91 Å². The van der Waals surface area contributed by atoms with Gasteiger partial charge in [0, 0.05) is 18.5 Å². The molecule has 23 heavy (non-hydrogen) atoms. The SMILES string of the molecule is CC(=O)Nc1cccc([C@@H]2C3C=CC(C3)[C@H]2C(=O)N=C(N)N)c1. The van der Waals surface area contributed by atoms with Crippen LogP contribution in [0.1, 0.15) is 24.8 Å². The summed E-state index contributed by atoms with van der Waals surface area (Å²) in [5, 5.41) is 2.78.